The van der Waals surface area contributed by atoms with Crippen LogP contribution in [0.15, 0.2) is 0 Å². The number of phenolic OH excluding ortho intramolecular Hbond substituents is 2. The summed E-state index contributed by atoms with van der Waals surface area (Å²) in [5.74, 6) is -25.8. The van der Waals surface area contributed by atoms with E-state index in [0.29, 0.717) is 4.90 Å². The van der Waals surface area contributed by atoms with Gasteiger partial charge in [0.2, 0.25) is 28.9 Å². The van der Waals surface area contributed by atoms with E-state index < -0.39 is 107 Å². The molecule has 39 heavy (non-hydrogen) atoms. The Morgan fingerprint density at radius 1 is 0.897 bits per heavy atom. The minimum atomic E-state index is -5.28. The quantitative estimate of drug-likeness (QED) is 0.106. The van der Waals surface area contributed by atoms with Gasteiger partial charge in [-0.15, -0.1) is 0 Å². The Balaban J connectivity index is 2.26. The van der Waals surface area contributed by atoms with Gasteiger partial charge in [0.25, 0.3) is 5.60 Å². The van der Waals surface area contributed by atoms with E-state index in [-0.39, 0.29) is 0 Å². The maximum atomic E-state index is 13.2. The number of Topliss-reactive ketones (excluding diaryl/α,β-unsaturated/α-hetero) is 1. The third-order valence-corrected chi connectivity index (χ3v) is 6.79. The van der Waals surface area contributed by atoms with Gasteiger partial charge in [-0.25, -0.2) is 0 Å². The van der Waals surface area contributed by atoms with Gasteiger partial charge in [-0.3, -0.25) is 9.69 Å². The first-order valence-corrected chi connectivity index (χ1v) is 10.6. The van der Waals surface area contributed by atoms with Crippen LogP contribution in [0.2, 0.25) is 0 Å². The molecule has 0 amide bonds. The average molecular weight is 573 g/mol. The summed E-state index contributed by atoms with van der Waals surface area (Å²) < 4.78 is 9.46. The van der Waals surface area contributed by atoms with Gasteiger partial charge in [0, 0.05) is 24.2 Å². The monoisotopic (exact) mass is 573 g/mol. The van der Waals surface area contributed by atoms with Crippen LogP contribution in [0.1, 0.15) is 17.2 Å². The number of carbonyl (C=O) groups excluding carboxylic acids is 1. The Morgan fingerprint density at radius 2 is 1.41 bits per heavy atom. The number of aromatic hydroxyl groups is 2. The lowest BCUT2D eigenvalue weighted by Gasteiger charge is -2.58. The standard InChI is InChI=1S/C19H27NO19/c1-38-9-8(22)6-5(7(21)10(9)39-13(24)25)2-3-20-4-14(26,12(23)15(27,28)11(6)20)17(30,31)16(29,18(32,33)34)19(35,36)37/h11,13,21-22,24-37H,2-4H2,1H3. The minimum absolute atomic E-state index is 0.396. The summed E-state index contributed by atoms with van der Waals surface area (Å²) in [6.07, 6.45) is -0.477. The second-order valence-electron chi connectivity index (χ2n) is 9.09. The highest BCUT2D eigenvalue weighted by Crippen LogP contribution is 2.57. The molecule has 222 valence electrons. The summed E-state index contributed by atoms with van der Waals surface area (Å²) in [5, 5.41) is 160. The number of ether oxygens (including phenoxy) is 2. The number of hydrogen-bond acceptors (Lipinski definition) is 20. The molecule has 1 aromatic carbocycles. The molecule has 0 radical (unpaired) electrons. The van der Waals surface area contributed by atoms with Crippen molar-refractivity contribution in [2.75, 3.05) is 20.2 Å². The molecule has 16 N–H and O–H groups in total. The number of ketones is 1. The summed E-state index contributed by atoms with van der Waals surface area (Å²) in [6, 6.07) is -2.25. The first-order valence-electron chi connectivity index (χ1n) is 10.6. The maximum absolute atomic E-state index is 13.2. The summed E-state index contributed by atoms with van der Waals surface area (Å²) in [7, 11) is 0.899. The van der Waals surface area contributed by atoms with Gasteiger partial charge in [-0.1, -0.05) is 0 Å². The molecule has 1 aromatic rings. The topological polar surface area (TPSA) is 362 Å². The fourth-order valence-corrected chi connectivity index (χ4v) is 4.94. The van der Waals surface area contributed by atoms with Crippen molar-refractivity contribution in [2.24, 2.45) is 0 Å². The Hall–Kier alpha value is -2.51. The minimum Gasteiger partial charge on any atom is -0.504 e. The van der Waals surface area contributed by atoms with Crippen molar-refractivity contribution < 1.29 is 96.0 Å². The van der Waals surface area contributed by atoms with Gasteiger partial charge in [0.1, 0.15) is 6.04 Å². The lowest BCUT2D eigenvalue weighted by atomic mass is 9.67. The van der Waals surface area contributed by atoms with E-state index in [2.05, 4.69) is 4.74 Å². The Morgan fingerprint density at radius 3 is 1.85 bits per heavy atom. The van der Waals surface area contributed by atoms with Crippen molar-refractivity contribution in [1.82, 2.24) is 4.90 Å². The number of fused-ring (bicyclic) bond motifs is 3. The number of phenols is 2. The summed E-state index contributed by atoms with van der Waals surface area (Å²) in [6.45, 7) is -4.76. The molecule has 20 nitrogen and oxygen atoms in total. The normalized spacial score (nSPS) is 24.4. The number of piperidine rings is 1. The number of aliphatic hydroxyl groups is 14. The average Bonchev–Trinajstić information content (AvgIpc) is 2.78. The molecule has 0 aromatic heterocycles. The van der Waals surface area contributed by atoms with Crippen LogP contribution < -0.4 is 9.47 Å². The highest BCUT2D eigenvalue weighted by Gasteiger charge is 2.83. The molecule has 20 heteroatoms. The lowest BCUT2D eigenvalue weighted by molar-refractivity contribution is -0.553. The first-order chi connectivity index (χ1) is 17.4. The van der Waals surface area contributed by atoms with E-state index in [1.165, 1.54) is 0 Å². The summed E-state index contributed by atoms with van der Waals surface area (Å²) in [4.78, 5) is 13.8. The van der Waals surface area contributed by atoms with Gasteiger partial charge in [0.15, 0.2) is 17.1 Å². The largest absolute Gasteiger partial charge is 0.504 e. The molecule has 1 saturated heterocycles. The van der Waals surface area contributed by atoms with Gasteiger partial charge < -0.3 is 91.2 Å². The van der Waals surface area contributed by atoms with Crippen LogP contribution in [0, 0.1) is 0 Å². The molecular weight excluding hydrogens is 546 g/mol. The van der Waals surface area contributed by atoms with Crippen LogP contribution in [0.5, 0.6) is 23.0 Å². The second-order valence-corrected chi connectivity index (χ2v) is 9.09. The highest BCUT2D eigenvalue weighted by molar-refractivity contribution is 5.96. The number of benzene rings is 1. The molecule has 0 aliphatic carbocycles. The third-order valence-electron chi connectivity index (χ3n) is 6.79. The maximum Gasteiger partial charge on any atom is 0.320 e. The van der Waals surface area contributed by atoms with Crippen LogP contribution in [0.4, 0.5) is 0 Å². The number of nitrogens with zero attached hydrogens (tertiary/aromatic N) is 1. The Bertz CT molecular complexity index is 1140. The van der Waals surface area contributed by atoms with E-state index in [4.69, 9.17) is 14.9 Å². The molecule has 3 rings (SSSR count). The highest BCUT2D eigenvalue weighted by atomic mass is 16.8. The molecule has 2 unspecified atom stereocenters. The fraction of sp³-hybridized carbons (Fsp3) is 0.632. The molecule has 0 saturated carbocycles. The molecule has 2 atom stereocenters. The van der Waals surface area contributed by atoms with Crippen LogP contribution in [-0.2, 0) is 11.2 Å². The SMILES string of the molecule is COc1c(O)c2c(c(O)c1OC(O)O)CCN1CC(O)(C(O)(O)C(O)(C(O)(O)O)C(O)(O)O)C(=O)C(O)(O)C21. The zero-order valence-corrected chi connectivity index (χ0v) is 19.6. The molecule has 0 spiro atoms. The van der Waals surface area contributed by atoms with Crippen molar-refractivity contribution in [1.29, 1.82) is 0 Å². The van der Waals surface area contributed by atoms with E-state index in [0.717, 1.165) is 7.11 Å². The van der Waals surface area contributed by atoms with Crippen LogP contribution in [-0.4, -0.2) is 154 Å². The second kappa shape index (κ2) is 9.00. The zero-order chi connectivity index (χ0) is 30.3. The molecular formula is C19H27NO19. The van der Waals surface area contributed by atoms with Crippen molar-refractivity contribution >= 4 is 5.78 Å². The van der Waals surface area contributed by atoms with E-state index in [9.17, 15) is 76.3 Å². The molecule has 2 aliphatic rings. The number of aliphatic hydroxyl groups excluding tert-OH is 1. The first kappa shape index (κ1) is 31.0. The summed E-state index contributed by atoms with van der Waals surface area (Å²) in [5.41, 5.74) is -10.7. The van der Waals surface area contributed by atoms with Crippen LogP contribution in [0.25, 0.3) is 0 Å². The zero-order valence-electron chi connectivity index (χ0n) is 19.6. The molecule has 0 bridgehead atoms. The van der Waals surface area contributed by atoms with Crippen LogP contribution in [0.3, 0.4) is 0 Å². The molecule has 2 aliphatic heterocycles. The van der Waals surface area contributed by atoms with Crippen molar-refractivity contribution in [2.45, 2.75) is 53.7 Å². The molecule has 1 fully saturated rings. The third kappa shape index (κ3) is 4.02. The Kier molecular flexibility index (Phi) is 7.16. The number of hydrogen-bond donors (Lipinski definition) is 16. The van der Waals surface area contributed by atoms with Crippen LogP contribution >= 0.6 is 0 Å². The molecule has 2 heterocycles. The smallest absolute Gasteiger partial charge is 0.320 e. The number of methoxy groups -OCH3 is 1. The fourth-order valence-electron chi connectivity index (χ4n) is 4.94. The lowest BCUT2D eigenvalue weighted by Crippen LogP contribution is -2.88. The van der Waals surface area contributed by atoms with E-state index in [1.54, 1.807) is 0 Å². The van der Waals surface area contributed by atoms with Gasteiger partial charge in [0.05, 0.1) is 7.11 Å². The number of rotatable bonds is 7. The predicted molar refractivity (Wildman–Crippen MR) is 111 cm³/mol. The van der Waals surface area contributed by atoms with E-state index >= 15 is 0 Å². The van der Waals surface area contributed by atoms with Crippen molar-refractivity contribution in [3.05, 3.63) is 11.1 Å². The summed E-state index contributed by atoms with van der Waals surface area (Å²) >= 11 is 0. The van der Waals surface area contributed by atoms with Gasteiger partial charge >= 0.3 is 18.4 Å². The van der Waals surface area contributed by atoms with Gasteiger partial charge in [-0.05, 0) is 6.42 Å². The number of carbonyl (C=O) groups is 1. The van der Waals surface area contributed by atoms with Crippen molar-refractivity contribution in [3.63, 3.8) is 0 Å². The van der Waals surface area contributed by atoms with E-state index in [1.807, 2.05) is 0 Å². The van der Waals surface area contributed by atoms with Crippen molar-refractivity contribution in [3.8, 4) is 23.0 Å². The van der Waals surface area contributed by atoms with Gasteiger partial charge in [-0.2, -0.15) is 0 Å². The predicted octanol–water partition coefficient (Wildman–Crippen LogP) is -8.68. The Labute approximate surface area is 215 Å².